The van der Waals surface area contributed by atoms with E-state index in [4.69, 9.17) is 0 Å². The summed E-state index contributed by atoms with van der Waals surface area (Å²) >= 11 is 0. The van der Waals surface area contributed by atoms with Crippen molar-refractivity contribution >= 4 is 30.4 Å². The van der Waals surface area contributed by atoms with Crippen molar-refractivity contribution < 1.29 is 0 Å². The predicted molar refractivity (Wildman–Crippen MR) is 70.0 cm³/mol. The molecule has 0 atom stereocenters. The van der Waals surface area contributed by atoms with Gasteiger partial charge in [-0.1, -0.05) is 29.8 Å². The zero-order valence-corrected chi connectivity index (χ0v) is 10.3. The van der Waals surface area contributed by atoms with Crippen molar-refractivity contribution in [2.45, 2.75) is 32.1 Å². The summed E-state index contributed by atoms with van der Waals surface area (Å²) in [5.41, 5.74) is 6.53. The van der Waals surface area contributed by atoms with E-state index < -0.39 is 0 Å². The zero-order valence-electron chi connectivity index (χ0n) is 8.66. The van der Waals surface area contributed by atoms with Crippen LogP contribution in [0, 0.1) is 0 Å². The molecule has 82 valence electrons. The van der Waals surface area contributed by atoms with Gasteiger partial charge in [-0.05, 0) is 48.8 Å². The van der Waals surface area contributed by atoms with Gasteiger partial charge in [-0.15, -0.1) is 24.8 Å². The molecule has 0 aromatic heterocycles. The van der Waals surface area contributed by atoms with E-state index in [2.05, 4.69) is 24.3 Å². The van der Waals surface area contributed by atoms with Crippen molar-refractivity contribution in [3.63, 3.8) is 0 Å². The summed E-state index contributed by atoms with van der Waals surface area (Å²) in [5.74, 6) is 0. The fourth-order valence-electron chi connectivity index (χ4n) is 2.69. The lowest BCUT2D eigenvalue weighted by atomic mass is 9.92. The average Bonchev–Trinajstić information content (AvgIpc) is 2.56. The number of allylic oxidation sites excluding steroid dienone is 2. The predicted octanol–water partition coefficient (Wildman–Crippen LogP) is 4.41. The molecule has 0 fully saturated rings. The van der Waals surface area contributed by atoms with E-state index in [1.807, 2.05) is 0 Å². The molecule has 0 heterocycles. The summed E-state index contributed by atoms with van der Waals surface area (Å²) in [6.45, 7) is 0. The zero-order chi connectivity index (χ0) is 8.67. The highest BCUT2D eigenvalue weighted by Crippen LogP contribution is 2.40. The molecule has 15 heavy (non-hydrogen) atoms. The normalized spacial score (nSPS) is 17.3. The van der Waals surface area contributed by atoms with Gasteiger partial charge in [0.25, 0.3) is 0 Å². The molecule has 0 radical (unpaired) electrons. The molecule has 0 spiro atoms. The lowest BCUT2D eigenvalue weighted by Crippen LogP contribution is -1.93. The fraction of sp³-hybridized carbons (Fsp3) is 0.385. The molecule has 0 saturated carbocycles. The summed E-state index contributed by atoms with van der Waals surface area (Å²) in [4.78, 5) is 0. The summed E-state index contributed by atoms with van der Waals surface area (Å²) < 4.78 is 0. The number of halogens is 2. The Morgan fingerprint density at radius 2 is 1.60 bits per heavy atom. The molecular weight excluding hydrogens is 227 g/mol. The summed E-state index contributed by atoms with van der Waals surface area (Å²) in [7, 11) is 0. The number of hydrogen-bond acceptors (Lipinski definition) is 0. The first kappa shape index (κ1) is 12.6. The Labute approximate surface area is 104 Å². The number of rotatable bonds is 0. The second-order valence-corrected chi connectivity index (χ2v) is 4.12. The molecule has 2 aliphatic carbocycles. The third kappa shape index (κ3) is 2.07. The first-order valence-corrected chi connectivity index (χ1v) is 5.24. The van der Waals surface area contributed by atoms with Gasteiger partial charge in [0.05, 0.1) is 0 Å². The van der Waals surface area contributed by atoms with Crippen LogP contribution in [-0.2, 0) is 6.42 Å². The highest BCUT2D eigenvalue weighted by molar-refractivity contribution is 5.85. The Balaban J connectivity index is 0.000000562. The third-order valence-corrected chi connectivity index (χ3v) is 3.33. The Kier molecular flexibility index (Phi) is 4.24. The lowest BCUT2D eigenvalue weighted by molar-refractivity contribution is 0.711. The van der Waals surface area contributed by atoms with Crippen LogP contribution >= 0.6 is 24.8 Å². The largest absolute Gasteiger partial charge is 0.147 e. The van der Waals surface area contributed by atoms with Crippen LogP contribution in [0.25, 0.3) is 5.57 Å². The minimum atomic E-state index is 0. The fourth-order valence-corrected chi connectivity index (χ4v) is 2.69. The van der Waals surface area contributed by atoms with Crippen molar-refractivity contribution in [2.75, 3.05) is 0 Å². The van der Waals surface area contributed by atoms with Crippen LogP contribution in [-0.4, -0.2) is 0 Å². The number of benzene rings is 1. The molecule has 0 bridgehead atoms. The molecule has 2 heteroatoms. The molecule has 1 aromatic carbocycles. The first-order valence-electron chi connectivity index (χ1n) is 5.24. The van der Waals surface area contributed by atoms with Gasteiger partial charge >= 0.3 is 0 Å². The van der Waals surface area contributed by atoms with E-state index in [1.54, 1.807) is 22.3 Å². The van der Waals surface area contributed by atoms with Crippen LogP contribution in [0.3, 0.4) is 0 Å². The van der Waals surface area contributed by atoms with Gasteiger partial charge < -0.3 is 0 Å². The van der Waals surface area contributed by atoms with Crippen molar-refractivity contribution in [1.82, 2.24) is 0 Å². The topological polar surface area (TPSA) is 0 Å². The monoisotopic (exact) mass is 242 g/mol. The maximum atomic E-state index is 2.29. The van der Waals surface area contributed by atoms with Gasteiger partial charge in [0.15, 0.2) is 0 Å². The molecule has 0 saturated heterocycles. The van der Waals surface area contributed by atoms with Crippen molar-refractivity contribution in [3.05, 3.63) is 41.0 Å². The van der Waals surface area contributed by atoms with Crippen molar-refractivity contribution in [3.8, 4) is 0 Å². The van der Waals surface area contributed by atoms with Crippen LogP contribution in [0.2, 0.25) is 0 Å². The van der Waals surface area contributed by atoms with Crippen LogP contribution < -0.4 is 0 Å². The SMILES string of the molecule is Cl.Cl.c1ccc2c(c1)CC1=C2CCCC1. The molecule has 0 aliphatic heterocycles. The van der Waals surface area contributed by atoms with Crippen LogP contribution in [0.1, 0.15) is 36.8 Å². The van der Waals surface area contributed by atoms with E-state index in [-0.39, 0.29) is 24.8 Å². The van der Waals surface area contributed by atoms with Crippen LogP contribution in [0.15, 0.2) is 29.8 Å². The Morgan fingerprint density at radius 1 is 0.867 bits per heavy atom. The smallest absolute Gasteiger partial charge is 0.00550 e. The van der Waals surface area contributed by atoms with E-state index in [9.17, 15) is 0 Å². The maximum Gasteiger partial charge on any atom is -0.00550 e. The molecule has 0 N–H and O–H groups in total. The van der Waals surface area contributed by atoms with E-state index >= 15 is 0 Å². The van der Waals surface area contributed by atoms with E-state index in [0.717, 1.165) is 0 Å². The summed E-state index contributed by atoms with van der Waals surface area (Å²) in [6.07, 6.45) is 6.72. The highest BCUT2D eigenvalue weighted by atomic mass is 35.5. The third-order valence-electron chi connectivity index (χ3n) is 3.33. The molecule has 3 rings (SSSR count). The van der Waals surface area contributed by atoms with Gasteiger partial charge in [0.2, 0.25) is 0 Å². The summed E-state index contributed by atoms with van der Waals surface area (Å²) in [5, 5.41) is 0. The minimum absolute atomic E-state index is 0. The second kappa shape index (κ2) is 5.05. The van der Waals surface area contributed by atoms with Crippen molar-refractivity contribution in [1.29, 1.82) is 0 Å². The van der Waals surface area contributed by atoms with E-state index in [1.165, 1.54) is 32.1 Å². The lowest BCUT2D eigenvalue weighted by Gasteiger charge is -2.13. The molecular formula is C13H16Cl2. The van der Waals surface area contributed by atoms with Gasteiger partial charge in [0.1, 0.15) is 0 Å². The first-order chi connectivity index (χ1) is 6.45. The van der Waals surface area contributed by atoms with Gasteiger partial charge in [0, 0.05) is 0 Å². The molecule has 0 unspecified atom stereocenters. The van der Waals surface area contributed by atoms with Crippen LogP contribution in [0.4, 0.5) is 0 Å². The second-order valence-electron chi connectivity index (χ2n) is 4.12. The average molecular weight is 243 g/mol. The molecule has 0 nitrogen and oxygen atoms in total. The van der Waals surface area contributed by atoms with Gasteiger partial charge in [-0.2, -0.15) is 0 Å². The molecule has 0 amide bonds. The van der Waals surface area contributed by atoms with Crippen molar-refractivity contribution in [2.24, 2.45) is 0 Å². The number of fused-ring (bicyclic) bond motifs is 2. The van der Waals surface area contributed by atoms with Gasteiger partial charge in [-0.25, -0.2) is 0 Å². The quantitative estimate of drug-likeness (QED) is 0.633. The van der Waals surface area contributed by atoms with E-state index in [0.29, 0.717) is 0 Å². The number of hydrogen-bond donors (Lipinski definition) is 0. The Hall–Kier alpha value is -0.460. The Morgan fingerprint density at radius 3 is 2.47 bits per heavy atom. The molecule has 1 aromatic rings. The minimum Gasteiger partial charge on any atom is -0.147 e. The molecule has 2 aliphatic rings. The summed E-state index contributed by atoms with van der Waals surface area (Å²) in [6, 6.07) is 8.91. The maximum absolute atomic E-state index is 2.29. The van der Waals surface area contributed by atoms with Crippen LogP contribution in [0.5, 0.6) is 0 Å². The Bertz CT molecular complexity index is 380. The standard InChI is InChI=1S/C13H14.2ClH/c1-3-7-12-10(5-1)9-11-6-2-4-8-13(11)12;;/h1,3,5,7H,2,4,6,8-9H2;2*1H. The van der Waals surface area contributed by atoms with Gasteiger partial charge in [-0.3, -0.25) is 0 Å². The highest BCUT2D eigenvalue weighted by Gasteiger charge is 2.22.